The predicted molar refractivity (Wildman–Crippen MR) is 57.6 cm³/mol. The number of fused-ring (bicyclic) bond motifs is 1. The van der Waals surface area contributed by atoms with Crippen molar-refractivity contribution in [3.63, 3.8) is 0 Å². The molecule has 0 aliphatic carbocycles. The van der Waals surface area contributed by atoms with E-state index in [9.17, 15) is 4.39 Å². The molecule has 0 saturated heterocycles. The predicted octanol–water partition coefficient (Wildman–Crippen LogP) is 1.85. The van der Waals surface area contributed by atoms with Crippen LogP contribution in [0.25, 0.3) is 0 Å². The quantitative estimate of drug-likeness (QED) is 0.848. The highest BCUT2D eigenvalue weighted by Gasteiger charge is 2.14. The third-order valence-corrected chi connectivity index (χ3v) is 2.16. The summed E-state index contributed by atoms with van der Waals surface area (Å²) in [5, 5.41) is 0. The fourth-order valence-corrected chi connectivity index (χ4v) is 1.38. The Morgan fingerprint density at radius 2 is 1.93 bits per heavy atom. The average molecular weight is 234 g/mol. The number of alkyl halides is 1. The van der Waals surface area contributed by atoms with Crippen molar-refractivity contribution in [1.29, 1.82) is 0 Å². The lowest BCUT2D eigenvalue weighted by Crippen LogP contribution is -2.17. The molecule has 3 nitrogen and oxygen atoms in total. The summed E-state index contributed by atoms with van der Waals surface area (Å²) in [5.41, 5.74) is 6.29. The normalized spacial score (nSPS) is 15.3. The Hall–Kier alpha value is -1.00. The van der Waals surface area contributed by atoms with Crippen LogP contribution in [0.4, 0.5) is 4.39 Å². The van der Waals surface area contributed by atoms with Crippen LogP contribution in [0, 0.1) is 0 Å². The largest absolute Gasteiger partial charge is 0.486 e. The van der Waals surface area contributed by atoms with Gasteiger partial charge in [-0.15, -0.1) is 12.4 Å². The Balaban J connectivity index is 0.00000112. The van der Waals surface area contributed by atoms with Gasteiger partial charge in [-0.05, 0) is 17.7 Å². The maximum atomic E-state index is 12.3. The highest BCUT2D eigenvalue weighted by Crippen LogP contribution is 2.32. The van der Waals surface area contributed by atoms with E-state index in [-0.39, 0.29) is 12.4 Å². The van der Waals surface area contributed by atoms with Gasteiger partial charge in [0, 0.05) is 0 Å². The third-order valence-electron chi connectivity index (χ3n) is 2.16. The number of hydrogen-bond acceptors (Lipinski definition) is 3. The van der Waals surface area contributed by atoms with Crippen LogP contribution in [0.5, 0.6) is 11.5 Å². The smallest absolute Gasteiger partial charge is 0.161 e. The van der Waals surface area contributed by atoms with Crippen molar-refractivity contribution in [1.82, 2.24) is 0 Å². The molecule has 15 heavy (non-hydrogen) atoms. The molecule has 0 fully saturated rings. The second-order valence-corrected chi connectivity index (χ2v) is 3.16. The second-order valence-electron chi connectivity index (χ2n) is 3.16. The summed E-state index contributed by atoms with van der Waals surface area (Å²) in [7, 11) is 0. The number of benzene rings is 1. The summed E-state index contributed by atoms with van der Waals surface area (Å²) in [4.78, 5) is 0. The molecule has 1 heterocycles. The van der Waals surface area contributed by atoms with Crippen LogP contribution in [0.1, 0.15) is 11.6 Å². The van der Waals surface area contributed by atoms with Gasteiger partial charge in [0.1, 0.15) is 19.9 Å². The van der Waals surface area contributed by atoms with E-state index < -0.39 is 12.7 Å². The van der Waals surface area contributed by atoms with Gasteiger partial charge in [-0.3, -0.25) is 0 Å². The van der Waals surface area contributed by atoms with Crippen molar-refractivity contribution < 1.29 is 13.9 Å². The first-order valence-electron chi connectivity index (χ1n) is 4.52. The molecule has 1 aliphatic heterocycles. The molecule has 0 spiro atoms. The first-order chi connectivity index (χ1) is 6.81. The minimum absolute atomic E-state index is 0. The van der Waals surface area contributed by atoms with Gasteiger partial charge in [0.25, 0.3) is 0 Å². The van der Waals surface area contributed by atoms with E-state index in [0.29, 0.717) is 24.7 Å². The lowest BCUT2D eigenvalue weighted by Gasteiger charge is -2.19. The van der Waals surface area contributed by atoms with Crippen LogP contribution in [0.15, 0.2) is 18.2 Å². The van der Waals surface area contributed by atoms with Gasteiger partial charge < -0.3 is 15.2 Å². The molecule has 0 radical (unpaired) electrons. The fourth-order valence-electron chi connectivity index (χ4n) is 1.38. The van der Waals surface area contributed by atoms with Crippen molar-refractivity contribution in [3.8, 4) is 11.5 Å². The third kappa shape index (κ3) is 2.52. The number of nitrogens with two attached hydrogens (primary N) is 1. The first-order valence-corrected chi connectivity index (χ1v) is 4.52. The first kappa shape index (κ1) is 12.1. The zero-order valence-corrected chi connectivity index (χ0v) is 8.93. The van der Waals surface area contributed by atoms with E-state index in [0.717, 1.165) is 5.56 Å². The van der Waals surface area contributed by atoms with E-state index >= 15 is 0 Å². The summed E-state index contributed by atoms with van der Waals surface area (Å²) in [6.45, 7) is 0.516. The van der Waals surface area contributed by atoms with Gasteiger partial charge in [0.2, 0.25) is 0 Å². The van der Waals surface area contributed by atoms with Crippen molar-refractivity contribution in [2.45, 2.75) is 6.04 Å². The van der Waals surface area contributed by atoms with Crippen molar-refractivity contribution >= 4 is 12.4 Å². The van der Waals surface area contributed by atoms with Crippen LogP contribution >= 0.6 is 12.4 Å². The van der Waals surface area contributed by atoms with Crippen LogP contribution < -0.4 is 15.2 Å². The van der Waals surface area contributed by atoms with Crippen molar-refractivity contribution in [2.24, 2.45) is 5.73 Å². The Kier molecular flexibility index (Phi) is 4.17. The highest BCUT2D eigenvalue weighted by atomic mass is 35.5. The van der Waals surface area contributed by atoms with E-state index in [1.165, 1.54) is 0 Å². The summed E-state index contributed by atoms with van der Waals surface area (Å²) < 4.78 is 23.0. The van der Waals surface area contributed by atoms with E-state index in [1.54, 1.807) is 18.2 Å². The van der Waals surface area contributed by atoms with Gasteiger partial charge in [-0.2, -0.15) is 0 Å². The zero-order chi connectivity index (χ0) is 9.97. The molecule has 1 aromatic carbocycles. The summed E-state index contributed by atoms with van der Waals surface area (Å²) in [6, 6.07) is 4.68. The molecule has 5 heteroatoms. The summed E-state index contributed by atoms with van der Waals surface area (Å²) in [6.07, 6.45) is 0. The highest BCUT2D eigenvalue weighted by molar-refractivity contribution is 5.85. The minimum atomic E-state index is -0.578. The molecule has 2 rings (SSSR count). The van der Waals surface area contributed by atoms with Gasteiger partial charge in [0.15, 0.2) is 11.5 Å². The molecule has 2 N–H and O–H groups in total. The molecule has 1 unspecified atom stereocenters. The van der Waals surface area contributed by atoms with Gasteiger partial charge >= 0.3 is 0 Å². The van der Waals surface area contributed by atoms with Crippen molar-refractivity contribution in [3.05, 3.63) is 23.8 Å². The van der Waals surface area contributed by atoms with Crippen LogP contribution in [0.2, 0.25) is 0 Å². The maximum absolute atomic E-state index is 12.3. The molecule has 0 aromatic heterocycles. The summed E-state index contributed by atoms with van der Waals surface area (Å²) >= 11 is 0. The zero-order valence-electron chi connectivity index (χ0n) is 8.11. The topological polar surface area (TPSA) is 44.5 Å². The molecular formula is C10H13ClFNO2. The average Bonchev–Trinajstić information content (AvgIpc) is 2.27. The Morgan fingerprint density at radius 3 is 2.60 bits per heavy atom. The van der Waals surface area contributed by atoms with E-state index in [1.807, 2.05) is 0 Å². The number of rotatable bonds is 2. The molecule has 0 saturated carbocycles. The van der Waals surface area contributed by atoms with Crippen LogP contribution in [-0.2, 0) is 0 Å². The van der Waals surface area contributed by atoms with E-state index in [4.69, 9.17) is 15.2 Å². The molecule has 0 bridgehead atoms. The number of halogens is 2. The molecule has 0 amide bonds. The summed E-state index contributed by atoms with van der Waals surface area (Å²) in [5.74, 6) is 1.35. The number of ether oxygens (including phenoxy) is 2. The standard InChI is InChI=1S/C10H12FNO2.ClH/c11-6-8(12)7-1-2-9-10(5-7)14-4-3-13-9;/h1-2,5,8H,3-4,6,12H2;1H. The van der Waals surface area contributed by atoms with Gasteiger partial charge in [-0.25, -0.2) is 4.39 Å². The Labute approximate surface area is 93.8 Å². The molecule has 84 valence electrons. The monoisotopic (exact) mass is 233 g/mol. The lowest BCUT2D eigenvalue weighted by atomic mass is 10.1. The Bertz CT molecular complexity index is 335. The van der Waals surface area contributed by atoms with Gasteiger partial charge in [0.05, 0.1) is 6.04 Å². The molecular weight excluding hydrogens is 221 g/mol. The number of hydrogen-bond donors (Lipinski definition) is 1. The second kappa shape index (κ2) is 5.19. The van der Waals surface area contributed by atoms with Crippen LogP contribution in [-0.4, -0.2) is 19.9 Å². The van der Waals surface area contributed by atoms with E-state index in [2.05, 4.69) is 0 Å². The van der Waals surface area contributed by atoms with Gasteiger partial charge in [-0.1, -0.05) is 6.07 Å². The van der Waals surface area contributed by atoms with Crippen LogP contribution in [0.3, 0.4) is 0 Å². The fraction of sp³-hybridized carbons (Fsp3) is 0.400. The molecule has 1 aromatic rings. The van der Waals surface area contributed by atoms with Crippen molar-refractivity contribution in [2.75, 3.05) is 19.9 Å². The maximum Gasteiger partial charge on any atom is 0.161 e. The molecule has 1 aliphatic rings. The Morgan fingerprint density at radius 1 is 1.27 bits per heavy atom. The molecule has 1 atom stereocenters. The SMILES string of the molecule is Cl.NC(CF)c1ccc2c(c1)OCCO2. The lowest BCUT2D eigenvalue weighted by molar-refractivity contribution is 0.171. The minimum Gasteiger partial charge on any atom is -0.486 e.